The van der Waals surface area contributed by atoms with E-state index in [0.29, 0.717) is 25.2 Å². The van der Waals surface area contributed by atoms with Crippen molar-refractivity contribution in [3.63, 3.8) is 0 Å². The molecule has 1 amide bonds. The molecule has 0 unspecified atom stereocenters. The monoisotopic (exact) mass is 198 g/mol. The molecule has 1 rings (SSSR count). The predicted molar refractivity (Wildman–Crippen MR) is 55.0 cm³/mol. The lowest BCUT2D eigenvalue weighted by atomic mass is 9.89. The molecule has 1 fully saturated rings. The summed E-state index contributed by atoms with van der Waals surface area (Å²) in [6.45, 7) is 4.58. The van der Waals surface area contributed by atoms with Crippen molar-refractivity contribution in [2.75, 3.05) is 20.2 Å². The molecule has 0 spiro atoms. The van der Waals surface area contributed by atoms with Gasteiger partial charge in [0.1, 0.15) is 0 Å². The number of rotatable bonds is 6. The average molecular weight is 198 g/mol. The van der Waals surface area contributed by atoms with Crippen molar-refractivity contribution in [1.29, 1.82) is 0 Å². The third kappa shape index (κ3) is 3.47. The summed E-state index contributed by atoms with van der Waals surface area (Å²) in [6.07, 6.45) is 3.94. The minimum absolute atomic E-state index is 0.0476. The molecule has 0 heterocycles. The first-order valence-corrected chi connectivity index (χ1v) is 4.90. The second-order valence-corrected chi connectivity index (χ2v) is 3.51. The third-order valence-electron chi connectivity index (χ3n) is 2.37. The minimum atomic E-state index is 0.0476. The number of hydrogen-bond acceptors (Lipinski definition) is 3. The van der Waals surface area contributed by atoms with E-state index in [0.717, 1.165) is 12.8 Å². The Bertz CT molecular complexity index is 200. The van der Waals surface area contributed by atoms with Crippen molar-refractivity contribution in [2.24, 2.45) is 0 Å². The summed E-state index contributed by atoms with van der Waals surface area (Å²) in [6, 6.07) is 0.304. The van der Waals surface area contributed by atoms with Crippen LogP contribution in [0.25, 0.3) is 0 Å². The molecule has 0 aromatic heterocycles. The molecule has 1 saturated carbocycles. The summed E-state index contributed by atoms with van der Waals surface area (Å²) >= 11 is 0. The van der Waals surface area contributed by atoms with Crippen LogP contribution in [0.5, 0.6) is 0 Å². The van der Waals surface area contributed by atoms with E-state index in [-0.39, 0.29) is 5.91 Å². The van der Waals surface area contributed by atoms with Crippen LogP contribution in [-0.4, -0.2) is 38.3 Å². The SMILES string of the molecule is C=CCNCC(=O)NC1CC(OC)C1. The Hall–Kier alpha value is -0.870. The van der Waals surface area contributed by atoms with Crippen molar-refractivity contribution in [3.8, 4) is 0 Å². The van der Waals surface area contributed by atoms with E-state index in [1.165, 1.54) is 0 Å². The fourth-order valence-corrected chi connectivity index (χ4v) is 1.44. The second kappa shape index (κ2) is 5.78. The summed E-state index contributed by atoms with van der Waals surface area (Å²) in [5.41, 5.74) is 0. The number of carbonyl (C=O) groups excluding carboxylic acids is 1. The maximum atomic E-state index is 11.3. The average Bonchev–Trinajstić information content (AvgIpc) is 2.11. The van der Waals surface area contributed by atoms with Crippen LogP contribution in [0.1, 0.15) is 12.8 Å². The molecule has 80 valence electrons. The molecule has 0 aliphatic heterocycles. The maximum Gasteiger partial charge on any atom is 0.234 e. The molecule has 4 nitrogen and oxygen atoms in total. The lowest BCUT2D eigenvalue weighted by Gasteiger charge is -2.34. The second-order valence-electron chi connectivity index (χ2n) is 3.51. The van der Waals surface area contributed by atoms with E-state index < -0.39 is 0 Å². The Morgan fingerprint density at radius 3 is 2.93 bits per heavy atom. The van der Waals surface area contributed by atoms with Gasteiger partial charge in [-0.3, -0.25) is 4.79 Å². The Labute approximate surface area is 84.7 Å². The van der Waals surface area contributed by atoms with Crippen LogP contribution in [-0.2, 0) is 9.53 Å². The Morgan fingerprint density at radius 2 is 2.36 bits per heavy atom. The lowest BCUT2D eigenvalue weighted by Crippen LogP contribution is -2.49. The van der Waals surface area contributed by atoms with Gasteiger partial charge in [0, 0.05) is 19.7 Å². The van der Waals surface area contributed by atoms with E-state index in [2.05, 4.69) is 17.2 Å². The first kappa shape index (κ1) is 11.2. The van der Waals surface area contributed by atoms with Crippen LogP contribution in [0, 0.1) is 0 Å². The van der Waals surface area contributed by atoms with Crippen LogP contribution in [0.3, 0.4) is 0 Å². The van der Waals surface area contributed by atoms with Crippen LogP contribution in [0.15, 0.2) is 12.7 Å². The van der Waals surface area contributed by atoms with Gasteiger partial charge in [-0.25, -0.2) is 0 Å². The number of nitrogens with one attached hydrogen (secondary N) is 2. The molecule has 0 aromatic rings. The van der Waals surface area contributed by atoms with E-state index in [4.69, 9.17) is 4.74 Å². The highest BCUT2D eigenvalue weighted by atomic mass is 16.5. The van der Waals surface area contributed by atoms with Gasteiger partial charge in [-0.2, -0.15) is 0 Å². The minimum Gasteiger partial charge on any atom is -0.381 e. The summed E-state index contributed by atoms with van der Waals surface area (Å²) < 4.78 is 5.12. The summed E-state index contributed by atoms with van der Waals surface area (Å²) in [7, 11) is 1.70. The number of amides is 1. The van der Waals surface area contributed by atoms with Gasteiger partial charge in [-0.15, -0.1) is 6.58 Å². The molecule has 0 radical (unpaired) electrons. The third-order valence-corrected chi connectivity index (χ3v) is 2.37. The Kier molecular flexibility index (Phi) is 4.62. The highest BCUT2D eigenvalue weighted by molar-refractivity contribution is 5.78. The molecule has 0 bridgehead atoms. The Balaban J connectivity index is 2.01. The fraction of sp³-hybridized carbons (Fsp3) is 0.700. The molecular weight excluding hydrogens is 180 g/mol. The molecular formula is C10H18N2O2. The van der Waals surface area contributed by atoms with Gasteiger partial charge in [-0.05, 0) is 12.8 Å². The Morgan fingerprint density at radius 1 is 1.64 bits per heavy atom. The molecule has 1 aliphatic rings. The smallest absolute Gasteiger partial charge is 0.234 e. The molecule has 0 atom stereocenters. The highest BCUT2D eigenvalue weighted by Gasteiger charge is 2.29. The quantitative estimate of drug-likeness (QED) is 0.468. The largest absolute Gasteiger partial charge is 0.381 e. The van der Waals surface area contributed by atoms with Gasteiger partial charge < -0.3 is 15.4 Å². The van der Waals surface area contributed by atoms with Crippen LogP contribution in [0.4, 0.5) is 0 Å². The molecule has 0 aromatic carbocycles. The zero-order valence-corrected chi connectivity index (χ0v) is 8.58. The molecule has 1 aliphatic carbocycles. The number of methoxy groups -OCH3 is 1. The van der Waals surface area contributed by atoms with Gasteiger partial charge in [0.15, 0.2) is 0 Å². The van der Waals surface area contributed by atoms with Crippen molar-refractivity contribution in [3.05, 3.63) is 12.7 Å². The number of carbonyl (C=O) groups is 1. The molecule has 0 saturated heterocycles. The molecule has 14 heavy (non-hydrogen) atoms. The normalized spacial score (nSPS) is 25.2. The first-order chi connectivity index (χ1) is 6.76. The standard InChI is InChI=1S/C10H18N2O2/c1-3-4-11-7-10(13)12-8-5-9(6-8)14-2/h3,8-9,11H,1,4-7H2,2H3,(H,12,13). The topological polar surface area (TPSA) is 50.4 Å². The van der Waals surface area contributed by atoms with Crippen LogP contribution < -0.4 is 10.6 Å². The van der Waals surface area contributed by atoms with Gasteiger partial charge in [0.05, 0.1) is 12.6 Å². The van der Waals surface area contributed by atoms with E-state index in [9.17, 15) is 4.79 Å². The van der Waals surface area contributed by atoms with Crippen LogP contribution in [0.2, 0.25) is 0 Å². The first-order valence-electron chi connectivity index (χ1n) is 4.90. The van der Waals surface area contributed by atoms with Gasteiger partial charge in [0.2, 0.25) is 5.91 Å². The van der Waals surface area contributed by atoms with E-state index >= 15 is 0 Å². The molecule has 2 N–H and O–H groups in total. The van der Waals surface area contributed by atoms with E-state index in [1.54, 1.807) is 13.2 Å². The van der Waals surface area contributed by atoms with Crippen molar-refractivity contribution < 1.29 is 9.53 Å². The van der Waals surface area contributed by atoms with Gasteiger partial charge >= 0.3 is 0 Å². The maximum absolute atomic E-state index is 11.3. The predicted octanol–water partition coefficient (Wildman–Crippen LogP) is 0.0556. The summed E-state index contributed by atoms with van der Waals surface area (Å²) in [5.74, 6) is 0.0476. The van der Waals surface area contributed by atoms with Gasteiger partial charge in [0.25, 0.3) is 0 Å². The van der Waals surface area contributed by atoms with E-state index in [1.807, 2.05) is 0 Å². The number of ether oxygens (including phenoxy) is 1. The molecule has 4 heteroatoms. The van der Waals surface area contributed by atoms with Crippen LogP contribution >= 0.6 is 0 Å². The van der Waals surface area contributed by atoms with Crippen molar-refractivity contribution >= 4 is 5.91 Å². The fourth-order valence-electron chi connectivity index (χ4n) is 1.44. The summed E-state index contributed by atoms with van der Waals surface area (Å²) in [4.78, 5) is 11.3. The zero-order chi connectivity index (χ0) is 10.4. The highest BCUT2D eigenvalue weighted by Crippen LogP contribution is 2.22. The summed E-state index contributed by atoms with van der Waals surface area (Å²) in [5, 5.41) is 5.88. The zero-order valence-electron chi connectivity index (χ0n) is 8.58. The van der Waals surface area contributed by atoms with Crippen molar-refractivity contribution in [2.45, 2.75) is 25.0 Å². The van der Waals surface area contributed by atoms with Gasteiger partial charge in [-0.1, -0.05) is 6.08 Å². The lowest BCUT2D eigenvalue weighted by molar-refractivity contribution is -0.122. The van der Waals surface area contributed by atoms with Crippen molar-refractivity contribution in [1.82, 2.24) is 10.6 Å². The number of hydrogen-bond donors (Lipinski definition) is 2.